The van der Waals surface area contributed by atoms with Crippen LogP contribution >= 0.6 is 0 Å². The van der Waals surface area contributed by atoms with Crippen molar-refractivity contribution >= 4 is 23.8 Å². The minimum absolute atomic E-state index is 0.0319. The highest BCUT2D eigenvalue weighted by Crippen LogP contribution is 2.44. The number of nitrogens with two attached hydrogens (primary N) is 1. The summed E-state index contributed by atoms with van der Waals surface area (Å²) < 4.78 is 5.20. The van der Waals surface area contributed by atoms with Crippen LogP contribution in [-0.4, -0.2) is 46.9 Å². The molecular weight excluding hydrogens is 350 g/mol. The summed E-state index contributed by atoms with van der Waals surface area (Å²) >= 11 is 0. The van der Waals surface area contributed by atoms with Crippen molar-refractivity contribution < 1.29 is 23.9 Å². The summed E-state index contributed by atoms with van der Waals surface area (Å²) in [5, 5.41) is 2.51. The van der Waals surface area contributed by atoms with E-state index in [0.717, 1.165) is 32.1 Å². The van der Waals surface area contributed by atoms with Gasteiger partial charge >= 0.3 is 6.09 Å². The zero-order valence-corrected chi connectivity index (χ0v) is 16.5. The van der Waals surface area contributed by atoms with Crippen molar-refractivity contribution in [2.45, 2.75) is 83.8 Å². The first-order chi connectivity index (χ1) is 12.5. The van der Waals surface area contributed by atoms with E-state index in [0.29, 0.717) is 13.0 Å². The normalized spacial score (nSPS) is 20.4. The molecule has 1 saturated carbocycles. The Labute approximate surface area is 160 Å². The molecule has 0 unspecified atom stereocenters. The van der Waals surface area contributed by atoms with E-state index in [1.54, 1.807) is 20.8 Å². The molecule has 1 spiro atoms. The van der Waals surface area contributed by atoms with Crippen molar-refractivity contribution in [3.63, 3.8) is 0 Å². The quantitative estimate of drug-likeness (QED) is 0.753. The second-order valence-corrected chi connectivity index (χ2v) is 8.76. The Hall–Kier alpha value is -2.12. The smallest absolute Gasteiger partial charge is 0.408 e. The first-order valence-corrected chi connectivity index (χ1v) is 9.63. The number of nitrogens with one attached hydrogen (secondary N) is 1. The zero-order valence-electron chi connectivity index (χ0n) is 16.5. The summed E-state index contributed by atoms with van der Waals surface area (Å²) in [5.41, 5.74) is 4.33. The molecule has 8 heteroatoms. The van der Waals surface area contributed by atoms with Gasteiger partial charge in [-0.05, 0) is 45.4 Å². The molecule has 0 aromatic carbocycles. The maximum absolute atomic E-state index is 13.0. The van der Waals surface area contributed by atoms with Crippen molar-refractivity contribution in [1.29, 1.82) is 0 Å². The lowest BCUT2D eigenvalue weighted by atomic mass is 9.73. The molecule has 1 aliphatic carbocycles. The van der Waals surface area contributed by atoms with Crippen LogP contribution < -0.4 is 11.1 Å². The number of nitrogens with zero attached hydrogens (tertiary/aromatic N) is 1. The van der Waals surface area contributed by atoms with Gasteiger partial charge in [0.25, 0.3) is 5.91 Å². The van der Waals surface area contributed by atoms with Gasteiger partial charge in [-0.25, -0.2) is 4.79 Å². The zero-order chi connectivity index (χ0) is 20.2. The van der Waals surface area contributed by atoms with Gasteiger partial charge in [0.1, 0.15) is 11.6 Å². The fraction of sp³-hybridized carbons (Fsp3) is 0.789. The van der Waals surface area contributed by atoms with Gasteiger partial charge in [-0.1, -0.05) is 19.3 Å². The van der Waals surface area contributed by atoms with E-state index in [1.165, 1.54) is 4.90 Å². The van der Waals surface area contributed by atoms with Crippen LogP contribution in [0.3, 0.4) is 0 Å². The predicted molar refractivity (Wildman–Crippen MR) is 98.4 cm³/mol. The summed E-state index contributed by atoms with van der Waals surface area (Å²) in [6, 6.07) is -1.02. The van der Waals surface area contributed by atoms with Gasteiger partial charge in [0.2, 0.25) is 11.8 Å². The van der Waals surface area contributed by atoms with Crippen LogP contribution in [0.15, 0.2) is 0 Å². The highest BCUT2D eigenvalue weighted by atomic mass is 16.6. The molecule has 1 aliphatic heterocycles. The fourth-order valence-electron chi connectivity index (χ4n) is 3.92. The molecule has 27 heavy (non-hydrogen) atoms. The van der Waals surface area contributed by atoms with Crippen LogP contribution in [0, 0.1) is 5.41 Å². The van der Waals surface area contributed by atoms with Gasteiger partial charge in [-0.2, -0.15) is 0 Å². The number of carbonyl (C=O) groups excluding carboxylic acids is 4. The van der Waals surface area contributed by atoms with Crippen molar-refractivity contribution in [2.75, 3.05) is 6.54 Å². The van der Waals surface area contributed by atoms with Crippen LogP contribution in [0.4, 0.5) is 4.79 Å². The Morgan fingerprint density at radius 1 is 1.22 bits per heavy atom. The molecule has 0 aromatic heterocycles. The van der Waals surface area contributed by atoms with Gasteiger partial charge < -0.3 is 15.8 Å². The second-order valence-electron chi connectivity index (χ2n) is 8.76. The number of carbonyl (C=O) groups is 4. The van der Waals surface area contributed by atoms with E-state index in [2.05, 4.69) is 5.32 Å². The third kappa shape index (κ3) is 5.94. The first-order valence-electron chi connectivity index (χ1n) is 9.63. The fourth-order valence-corrected chi connectivity index (χ4v) is 3.92. The molecule has 152 valence electrons. The summed E-state index contributed by atoms with van der Waals surface area (Å²) in [4.78, 5) is 50.0. The number of imide groups is 1. The van der Waals surface area contributed by atoms with E-state index in [9.17, 15) is 19.2 Å². The van der Waals surface area contributed by atoms with Crippen molar-refractivity contribution in [3.05, 3.63) is 0 Å². The second kappa shape index (κ2) is 8.27. The standard InChI is InChI=1S/C19H31N3O5/c1-18(2,3)27-17(26)21-13(7-8-14(20)23)16(25)22-12-19(11-15(22)24)9-5-4-6-10-19/h13H,4-12H2,1-3H3,(H2,20,23)(H,21,26)/t13-/m0/s1. The van der Waals surface area contributed by atoms with Crippen molar-refractivity contribution in [3.8, 4) is 0 Å². The van der Waals surface area contributed by atoms with E-state index in [-0.39, 0.29) is 24.2 Å². The molecule has 1 saturated heterocycles. The van der Waals surface area contributed by atoms with Crippen molar-refractivity contribution in [1.82, 2.24) is 10.2 Å². The summed E-state index contributed by atoms with van der Waals surface area (Å²) in [7, 11) is 0. The number of amides is 4. The maximum atomic E-state index is 13.0. The molecule has 0 aromatic rings. The first kappa shape index (κ1) is 21.2. The highest BCUT2D eigenvalue weighted by Gasteiger charge is 2.47. The molecule has 4 amide bonds. The van der Waals surface area contributed by atoms with E-state index in [1.807, 2.05) is 0 Å². The lowest BCUT2D eigenvalue weighted by Gasteiger charge is -2.32. The lowest BCUT2D eigenvalue weighted by Crippen LogP contribution is -2.50. The van der Waals surface area contributed by atoms with Crippen molar-refractivity contribution in [2.24, 2.45) is 11.1 Å². The third-order valence-electron chi connectivity index (χ3n) is 5.17. The number of alkyl carbamates (subject to hydrolysis) is 1. The molecule has 1 atom stereocenters. The topological polar surface area (TPSA) is 119 Å². The van der Waals surface area contributed by atoms with Crippen LogP contribution in [0.25, 0.3) is 0 Å². The lowest BCUT2D eigenvalue weighted by molar-refractivity contribution is -0.143. The molecule has 0 radical (unpaired) electrons. The molecule has 3 N–H and O–H groups in total. The van der Waals surface area contributed by atoms with E-state index in [4.69, 9.17) is 10.5 Å². The molecule has 8 nitrogen and oxygen atoms in total. The van der Waals surface area contributed by atoms with Gasteiger partial charge in [0.05, 0.1) is 0 Å². The van der Waals surface area contributed by atoms with Crippen LogP contribution in [0.2, 0.25) is 0 Å². The monoisotopic (exact) mass is 381 g/mol. The number of primary amides is 1. The molecule has 2 aliphatic rings. The Morgan fingerprint density at radius 2 is 1.85 bits per heavy atom. The minimum atomic E-state index is -1.02. The number of hydrogen-bond donors (Lipinski definition) is 2. The third-order valence-corrected chi connectivity index (χ3v) is 5.17. The average molecular weight is 381 g/mol. The minimum Gasteiger partial charge on any atom is -0.444 e. The highest BCUT2D eigenvalue weighted by molar-refractivity contribution is 6.00. The Bertz CT molecular complexity index is 605. The van der Waals surface area contributed by atoms with Gasteiger partial charge in [-0.3, -0.25) is 19.3 Å². The predicted octanol–water partition coefficient (Wildman–Crippen LogP) is 1.85. The molecule has 1 heterocycles. The Balaban J connectivity index is 2.09. The van der Waals surface area contributed by atoms with E-state index >= 15 is 0 Å². The molecule has 0 bridgehead atoms. The van der Waals surface area contributed by atoms with Crippen LogP contribution in [0.5, 0.6) is 0 Å². The van der Waals surface area contributed by atoms with Crippen LogP contribution in [0.1, 0.15) is 72.1 Å². The number of likely N-dealkylation sites (tertiary alicyclic amines) is 1. The molecular formula is C19H31N3O5. The Morgan fingerprint density at radius 3 is 2.41 bits per heavy atom. The van der Waals surface area contributed by atoms with Gasteiger partial charge in [-0.15, -0.1) is 0 Å². The van der Waals surface area contributed by atoms with Gasteiger partial charge in [0.15, 0.2) is 0 Å². The summed E-state index contributed by atoms with van der Waals surface area (Å²) in [6.45, 7) is 5.52. The SMILES string of the molecule is CC(C)(C)OC(=O)N[C@@H](CCC(N)=O)C(=O)N1CC2(CCCCC2)CC1=O. The number of rotatable bonds is 5. The van der Waals surface area contributed by atoms with Gasteiger partial charge in [0, 0.05) is 19.4 Å². The molecule has 2 fully saturated rings. The Kier molecular flexibility index (Phi) is 6.49. The maximum Gasteiger partial charge on any atom is 0.408 e. The van der Waals surface area contributed by atoms with Crippen LogP contribution in [-0.2, 0) is 19.1 Å². The summed E-state index contributed by atoms with van der Waals surface area (Å²) in [6.07, 6.45) is 4.74. The summed E-state index contributed by atoms with van der Waals surface area (Å²) in [5.74, 6) is -1.28. The van der Waals surface area contributed by atoms with E-state index < -0.39 is 29.6 Å². The average Bonchev–Trinajstić information content (AvgIpc) is 2.85. The largest absolute Gasteiger partial charge is 0.444 e. The number of hydrogen-bond acceptors (Lipinski definition) is 5. The molecule has 2 rings (SSSR count). The number of ether oxygens (including phenoxy) is 1.